The molecule has 1 saturated heterocycles. The van der Waals surface area contributed by atoms with Crippen molar-refractivity contribution < 1.29 is 9.53 Å². The zero-order valence-corrected chi connectivity index (χ0v) is 16.4. The van der Waals surface area contributed by atoms with Crippen LogP contribution in [0.3, 0.4) is 0 Å². The second-order valence-electron chi connectivity index (χ2n) is 7.79. The van der Waals surface area contributed by atoms with Gasteiger partial charge in [0, 0.05) is 32.4 Å². The summed E-state index contributed by atoms with van der Waals surface area (Å²) in [7, 11) is 0. The van der Waals surface area contributed by atoms with Crippen molar-refractivity contribution in [3.05, 3.63) is 23.8 Å². The van der Waals surface area contributed by atoms with Crippen molar-refractivity contribution in [2.75, 3.05) is 13.1 Å². The van der Waals surface area contributed by atoms with Crippen LogP contribution in [0.15, 0.2) is 18.2 Å². The highest BCUT2D eigenvalue weighted by Gasteiger charge is 2.25. The molecule has 1 aliphatic heterocycles. The van der Waals surface area contributed by atoms with Crippen LogP contribution < -0.4 is 4.74 Å². The van der Waals surface area contributed by atoms with Gasteiger partial charge in [0.1, 0.15) is 6.10 Å². The van der Waals surface area contributed by atoms with Crippen LogP contribution in [0.5, 0.6) is 5.19 Å². The molecule has 4 rings (SSSR count). The van der Waals surface area contributed by atoms with E-state index in [1.807, 2.05) is 4.90 Å². The Morgan fingerprint density at radius 1 is 1.23 bits per heavy atom. The van der Waals surface area contributed by atoms with Gasteiger partial charge in [0.15, 0.2) is 0 Å². The fraction of sp³-hybridized carbons (Fsp3) is 0.619. The molecule has 0 bridgehead atoms. The first-order valence-corrected chi connectivity index (χ1v) is 10.8. The fourth-order valence-corrected chi connectivity index (χ4v) is 5.23. The Labute approximate surface area is 159 Å². The first-order chi connectivity index (χ1) is 12.7. The smallest absolute Gasteiger partial charge is 0.274 e. The minimum Gasteiger partial charge on any atom is -0.467 e. The zero-order chi connectivity index (χ0) is 17.9. The lowest BCUT2D eigenvalue weighted by atomic mass is 10.0. The number of likely N-dealkylation sites (tertiary alicyclic amines) is 1. The first kappa shape index (κ1) is 17.8. The van der Waals surface area contributed by atoms with E-state index in [2.05, 4.69) is 30.1 Å². The summed E-state index contributed by atoms with van der Waals surface area (Å²) in [4.78, 5) is 19.1. The molecule has 1 amide bonds. The Bertz CT molecular complexity index is 758. The second-order valence-corrected chi connectivity index (χ2v) is 8.78. The standard InChI is InChI=1S/C21H28N2O2S/c1-15-5-4-8-18-20(15)22-21(26-18)25-17-11-13-23(14-12-17)19(24)10-9-16-6-2-3-7-16/h4-5,8,16-17H,2-3,6-7,9-14H2,1H3. The van der Waals surface area contributed by atoms with Crippen molar-refractivity contribution in [3.8, 4) is 5.19 Å². The number of benzene rings is 1. The van der Waals surface area contributed by atoms with E-state index in [1.165, 1.54) is 35.9 Å². The van der Waals surface area contributed by atoms with Crippen molar-refractivity contribution in [2.45, 2.75) is 64.4 Å². The average molecular weight is 373 g/mol. The summed E-state index contributed by atoms with van der Waals surface area (Å²) in [6.07, 6.45) is 9.16. The predicted molar refractivity (Wildman–Crippen MR) is 106 cm³/mol. The molecular formula is C21H28N2O2S. The minimum atomic E-state index is 0.176. The molecule has 26 heavy (non-hydrogen) atoms. The zero-order valence-electron chi connectivity index (χ0n) is 15.6. The molecular weight excluding hydrogens is 344 g/mol. The lowest BCUT2D eigenvalue weighted by Crippen LogP contribution is -2.41. The van der Waals surface area contributed by atoms with Gasteiger partial charge in [0.25, 0.3) is 5.19 Å². The van der Waals surface area contributed by atoms with Crippen molar-refractivity contribution in [2.24, 2.45) is 5.92 Å². The molecule has 1 aromatic carbocycles. The maximum Gasteiger partial charge on any atom is 0.274 e. The van der Waals surface area contributed by atoms with Crippen LogP contribution >= 0.6 is 11.3 Å². The van der Waals surface area contributed by atoms with Gasteiger partial charge in [-0.2, -0.15) is 0 Å². The third-order valence-corrected chi connectivity index (χ3v) is 6.82. The Balaban J connectivity index is 1.26. The fourth-order valence-electron chi connectivity index (χ4n) is 4.27. The van der Waals surface area contributed by atoms with Gasteiger partial charge in [-0.25, -0.2) is 4.98 Å². The average Bonchev–Trinajstić information content (AvgIpc) is 3.30. The van der Waals surface area contributed by atoms with Crippen molar-refractivity contribution in [3.63, 3.8) is 0 Å². The quantitative estimate of drug-likeness (QED) is 0.746. The summed E-state index contributed by atoms with van der Waals surface area (Å²) in [6.45, 7) is 3.72. The SMILES string of the molecule is Cc1cccc2sc(OC3CCN(C(=O)CCC4CCCC4)CC3)nc12. The minimum absolute atomic E-state index is 0.176. The summed E-state index contributed by atoms with van der Waals surface area (Å²) < 4.78 is 7.31. The van der Waals surface area contributed by atoms with Gasteiger partial charge < -0.3 is 9.64 Å². The number of carbonyl (C=O) groups excluding carboxylic acids is 1. The number of ether oxygens (including phenoxy) is 1. The summed E-state index contributed by atoms with van der Waals surface area (Å²) in [5.41, 5.74) is 2.24. The van der Waals surface area contributed by atoms with Crippen molar-refractivity contribution in [1.82, 2.24) is 9.88 Å². The molecule has 2 aromatic rings. The molecule has 0 radical (unpaired) electrons. The molecule has 1 aromatic heterocycles. The van der Waals surface area contributed by atoms with Gasteiger partial charge in [-0.15, -0.1) is 0 Å². The monoisotopic (exact) mass is 372 g/mol. The molecule has 0 atom stereocenters. The third-order valence-electron chi connectivity index (χ3n) is 5.90. The van der Waals surface area contributed by atoms with E-state index in [0.29, 0.717) is 5.91 Å². The molecule has 1 saturated carbocycles. The number of nitrogens with zero attached hydrogens (tertiary/aromatic N) is 2. The van der Waals surface area contributed by atoms with E-state index in [9.17, 15) is 4.79 Å². The van der Waals surface area contributed by atoms with Gasteiger partial charge in [-0.1, -0.05) is 49.2 Å². The second kappa shape index (κ2) is 7.95. The molecule has 2 fully saturated rings. The van der Waals surface area contributed by atoms with E-state index in [1.54, 1.807) is 11.3 Å². The number of hydrogen-bond acceptors (Lipinski definition) is 4. The van der Waals surface area contributed by atoms with Crippen LogP contribution in [-0.4, -0.2) is 35.0 Å². The Morgan fingerprint density at radius 2 is 2.00 bits per heavy atom. The number of piperidine rings is 1. The van der Waals surface area contributed by atoms with E-state index >= 15 is 0 Å². The van der Waals surface area contributed by atoms with Crippen LogP contribution in [0.25, 0.3) is 10.2 Å². The van der Waals surface area contributed by atoms with Crippen LogP contribution in [0, 0.1) is 12.8 Å². The molecule has 1 aliphatic carbocycles. The summed E-state index contributed by atoms with van der Waals surface area (Å²) >= 11 is 1.62. The van der Waals surface area contributed by atoms with Crippen molar-refractivity contribution >= 4 is 27.5 Å². The molecule has 0 unspecified atom stereocenters. The number of fused-ring (bicyclic) bond motifs is 1. The predicted octanol–water partition coefficient (Wildman–Crippen LogP) is 4.94. The first-order valence-electron chi connectivity index (χ1n) is 9.99. The molecule has 0 N–H and O–H groups in total. The Morgan fingerprint density at radius 3 is 2.73 bits per heavy atom. The van der Waals surface area contributed by atoms with E-state index in [4.69, 9.17) is 4.74 Å². The molecule has 140 valence electrons. The lowest BCUT2D eigenvalue weighted by molar-refractivity contribution is -0.133. The maximum absolute atomic E-state index is 12.4. The third kappa shape index (κ3) is 4.03. The van der Waals surface area contributed by atoms with E-state index in [0.717, 1.165) is 55.4 Å². The topological polar surface area (TPSA) is 42.4 Å². The largest absolute Gasteiger partial charge is 0.467 e. The molecule has 4 nitrogen and oxygen atoms in total. The van der Waals surface area contributed by atoms with E-state index in [-0.39, 0.29) is 6.10 Å². The van der Waals surface area contributed by atoms with Gasteiger partial charge in [-0.05, 0) is 30.9 Å². The lowest BCUT2D eigenvalue weighted by Gasteiger charge is -2.32. The summed E-state index contributed by atoms with van der Waals surface area (Å²) in [5.74, 6) is 1.13. The van der Waals surface area contributed by atoms with Crippen LogP contribution in [0.2, 0.25) is 0 Å². The molecule has 2 aliphatic rings. The highest BCUT2D eigenvalue weighted by atomic mass is 32.1. The van der Waals surface area contributed by atoms with Gasteiger partial charge in [0.2, 0.25) is 5.91 Å². The maximum atomic E-state index is 12.4. The van der Waals surface area contributed by atoms with Crippen molar-refractivity contribution in [1.29, 1.82) is 0 Å². The highest BCUT2D eigenvalue weighted by Crippen LogP contribution is 2.32. The normalized spacial score (nSPS) is 19.3. The Kier molecular flexibility index (Phi) is 5.44. The van der Waals surface area contributed by atoms with Crippen LogP contribution in [0.4, 0.5) is 0 Å². The van der Waals surface area contributed by atoms with Gasteiger partial charge >= 0.3 is 0 Å². The van der Waals surface area contributed by atoms with E-state index < -0.39 is 0 Å². The number of para-hydroxylation sites is 1. The Hall–Kier alpha value is -1.62. The van der Waals surface area contributed by atoms with Gasteiger partial charge in [0.05, 0.1) is 10.2 Å². The molecule has 5 heteroatoms. The number of amides is 1. The highest BCUT2D eigenvalue weighted by molar-refractivity contribution is 7.20. The number of thiazole rings is 1. The number of carbonyl (C=O) groups is 1. The number of aromatic nitrogens is 1. The number of aryl methyl sites for hydroxylation is 1. The van der Waals surface area contributed by atoms with Crippen LogP contribution in [0.1, 0.15) is 56.9 Å². The summed E-state index contributed by atoms with van der Waals surface area (Å²) in [5, 5.41) is 0.764. The van der Waals surface area contributed by atoms with Crippen LogP contribution in [-0.2, 0) is 4.79 Å². The van der Waals surface area contributed by atoms with Gasteiger partial charge in [-0.3, -0.25) is 4.79 Å². The summed E-state index contributed by atoms with van der Waals surface area (Å²) in [6, 6.07) is 6.25. The molecule has 2 heterocycles. The number of rotatable bonds is 5. The number of hydrogen-bond donors (Lipinski definition) is 0. The molecule has 0 spiro atoms.